The van der Waals surface area contributed by atoms with E-state index in [0.717, 1.165) is 27.3 Å². The highest BCUT2D eigenvalue weighted by Gasteiger charge is 2.17. The van der Waals surface area contributed by atoms with Gasteiger partial charge in [0.2, 0.25) is 5.88 Å². The average Bonchev–Trinajstić information content (AvgIpc) is 2.50. The fourth-order valence-corrected chi connectivity index (χ4v) is 2.78. The molecule has 1 heterocycles. The Labute approximate surface area is 138 Å². The minimum Gasteiger partial charge on any atom is -0.481 e. The number of methoxy groups -OCH3 is 1. The summed E-state index contributed by atoms with van der Waals surface area (Å²) < 4.78 is 6.03. The highest BCUT2D eigenvalue weighted by Crippen LogP contribution is 2.31. The summed E-state index contributed by atoms with van der Waals surface area (Å²) in [7, 11) is 1.60. The number of ether oxygens (including phenoxy) is 1. The van der Waals surface area contributed by atoms with E-state index in [1.807, 2.05) is 24.3 Å². The third-order valence-electron chi connectivity index (χ3n) is 3.13. The molecule has 4 nitrogen and oxygen atoms in total. The van der Waals surface area contributed by atoms with Crippen LogP contribution >= 0.6 is 27.5 Å². The highest BCUT2D eigenvalue weighted by molar-refractivity contribution is 9.10. The van der Waals surface area contributed by atoms with Crippen molar-refractivity contribution in [3.63, 3.8) is 0 Å². The second kappa shape index (κ2) is 7.73. The molecule has 0 bridgehead atoms. The maximum absolute atomic E-state index is 6.40. The van der Waals surface area contributed by atoms with Gasteiger partial charge in [0.1, 0.15) is 6.33 Å². The minimum absolute atomic E-state index is 0.0830. The van der Waals surface area contributed by atoms with E-state index in [0.29, 0.717) is 12.3 Å². The summed E-state index contributed by atoms with van der Waals surface area (Å²) >= 11 is 9.87. The maximum Gasteiger partial charge on any atom is 0.216 e. The molecule has 1 unspecified atom stereocenters. The Morgan fingerprint density at radius 3 is 2.90 bits per heavy atom. The first-order valence-corrected chi connectivity index (χ1v) is 7.85. The van der Waals surface area contributed by atoms with Crippen LogP contribution in [0.5, 0.6) is 5.88 Å². The molecule has 6 heteroatoms. The second-order valence-electron chi connectivity index (χ2n) is 4.51. The molecule has 0 aliphatic rings. The van der Waals surface area contributed by atoms with Crippen molar-refractivity contribution in [2.75, 3.05) is 13.7 Å². The molecular weight excluding hydrogens is 354 g/mol. The van der Waals surface area contributed by atoms with Crippen LogP contribution in [0, 0.1) is 0 Å². The van der Waals surface area contributed by atoms with E-state index in [2.05, 4.69) is 38.1 Å². The molecule has 1 N–H and O–H groups in total. The van der Waals surface area contributed by atoms with Crippen LogP contribution in [0.25, 0.3) is 0 Å². The summed E-state index contributed by atoms with van der Waals surface area (Å²) in [6.07, 6.45) is 2.22. The largest absolute Gasteiger partial charge is 0.481 e. The highest BCUT2D eigenvalue weighted by atomic mass is 79.9. The number of nitrogens with one attached hydrogen (secondary N) is 1. The number of benzene rings is 1. The van der Waals surface area contributed by atoms with Gasteiger partial charge < -0.3 is 10.1 Å². The lowest BCUT2D eigenvalue weighted by molar-refractivity contribution is 0.395. The molecule has 0 radical (unpaired) electrons. The first-order valence-electron chi connectivity index (χ1n) is 6.68. The minimum atomic E-state index is 0.0830. The maximum atomic E-state index is 6.40. The zero-order valence-corrected chi connectivity index (χ0v) is 14.3. The Hall–Kier alpha value is -1.17. The van der Waals surface area contributed by atoms with Crippen molar-refractivity contribution in [3.05, 3.63) is 51.3 Å². The number of hydrogen-bond donors (Lipinski definition) is 1. The quantitative estimate of drug-likeness (QED) is 0.840. The lowest BCUT2D eigenvalue weighted by atomic mass is 10.0. The predicted molar refractivity (Wildman–Crippen MR) is 87.9 cm³/mol. The van der Waals surface area contributed by atoms with Crippen LogP contribution in [0.1, 0.15) is 24.2 Å². The van der Waals surface area contributed by atoms with Gasteiger partial charge in [-0.05, 0) is 34.1 Å². The summed E-state index contributed by atoms with van der Waals surface area (Å²) in [5, 5.41) is 4.17. The van der Waals surface area contributed by atoms with E-state index in [-0.39, 0.29) is 6.04 Å². The zero-order chi connectivity index (χ0) is 15.2. The van der Waals surface area contributed by atoms with E-state index in [1.54, 1.807) is 7.11 Å². The molecule has 0 saturated carbocycles. The van der Waals surface area contributed by atoms with Crippen LogP contribution in [0.2, 0.25) is 5.02 Å². The van der Waals surface area contributed by atoms with Crippen LogP contribution in [0.3, 0.4) is 0 Å². The van der Waals surface area contributed by atoms with Gasteiger partial charge in [0.15, 0.2) is 0 Å². The van der Waals surface area contributed by atoms with E-state index < -0.39 is 0 Å². The number of rotatable bonds is 6. The Morgan fingerprint density at radius 2 is 2.19 bits per heavy atom. The van der Waals surface area contributed by atoms with Crippen LogP contribution in [0.15, 0.2) is 35.1 Å². The van der Waals surface area contributed by atoms with Gasteiger partial charge in [-0.2, -0.15) is 0 Å². The van der Waals surface area contributed by atoms with E-state index in [4.69, 9.17) is 16.3 Å². The fourth-order valence-electron chi connectivity index (χ4n) is 2.14. The molecule has 0 aliphatic heterocycles. The molecule has 1 atom stereocenters. The Kier molecular flexibility index (Phi) is 5.96. The SMILES string of the molecule is CCNC(Cc1cc(OC)ncn1)c1cccc(Br)c1Cl. The molecule has 21 heavy (non-hydrogen) atoms. The molecule has 0 amide bonds. The zero-order valence-electron chi connectivity index (χ0n) is 11.9. The van der Waals surface area contributed by atoms with Gasteiger partial charge in [-0.15, -0.1) is 0 Å². The van der Waals surface area contributed by atoms with Crippen molar-refractivity contribution in [3.8, 4) is 5.88 Å². The van der Waals surface area contributed by atoms with Crippen molar-refractivity contribution in [1.29, 1.82) is 0 Å². The van der Waals surface area contributed by atoms with Gasteiger partial charge in [-0.25, -0.2) is 9.97 Å². The van der Waals surface area contributed by atoms with Crippen LogP contribution in [-0.4, -0.2) is 23.6 Å². The number of nitrogens with zero attached hydrogens (tertiary/aromatic N) is 2. The number of halogens is 2. The molecule has 1 aromatic heterocycles. The van der Waals surface area contributed by atoms with Gasteiger partial charge >= 0.3 is 0 Å². The van der Waals surface area contributed by atoms with Crippen molar-refractivity contribution >= 4 is 27.5 Å². The van der Waals surface area contributed by atoms with Crippen LogP contribution in [-0.2, 0) is 6.42 Å². The summed E-state index contributed by atoms with van der Waals surface area (Å²) in [5.41, 5.74) is 1.95. The van der Waals surface area contributed by atoms with Gasteiger partial charge in [0.05, 0.1) is 12.1 Å². The summed E-state index contributed by atoms with van der Waals surface area (Å²) in [4.78, 5) is 8.33. The Bertz CT molecular complexity index is 609. The molecule has 0 spiro atoms. The van der Waals surface area contributed by atoms with Gasteiger partial charge in [-0.1, -0.05) is 30.7 Å². The summed E-state index contributed by atoms with van der Waals surface area (Å²) in [6, 6.07) is 7.87. The standard InChI is InChI=1S/C15H17BrClN3O/c1-3-18-13(11-5-4-6-12(16)15(11)17)7-10-8-14(21-2)20-9-19-10/h4-6,8-9,13,18H,3,7H2,1-2H3. The van der Waals surface area contributed by atoms with Crippen molar-refractivity contribution in [2.45, 2.75) is 19.4 Å². The van der Waals surface area contributed by atoms with Crippen molar-refractivity contribution in [1.82, 2.24) is 15.3 Å². The van der Waals surface area contributed by atoms with Gasteiger partial charge in [-0.3, -0.25) is 0 Å². The molecular formula is C15H17BrClN3O. The number of likely N-dealkylation sites (N-methyl/N-ethyl adjacent to an activating group) is 1. The average molecular weight is 371 g/mol. The second-order valence-corrected chi connectivity index (χ2v) is 5.74. The molecule has 112 valence electrons. The first-order chi connectivity index (χ1) is 10.2. The number of aromatic nitrogens is 2. The summed E-state index contributed by atoms with van der Waals surface area (Å²) in [5.74, 6) is 0.565. The molecule has 2 aromatic rings. The van der Waals surface area contributed by atoms with E-state index in [9.17, 15) is 0 Å². The monoisotopic (exact) mass is 369 g/mol. The third-order valence-corrected chi connectivity index (χ3v) is 4.44. The van der Waals surface area contributed by atoms with E-state index in [1.165, 1.54) is 6.33 Å². The van der Waals surface area contributed by atoms with Gasteiger partial charge in [0, 0.05) is 28.7 Å². The van der Waals surface area contributed by atoms with E-state index >= 15 is 0 Å². The fraction of sp³-hybridized carbons (Fsp3) is 0.333. The van der Waals surface area contributed by atoms with Crippen LogP contribution < -0.4 is 10.1 Å². The Balaban J connectivity index is 2.28. The normalized spacial score (nSPS) is 12.2. The molecule has 2 rings (SSSR count). The molecule has 1 aromatic carbocycles. The van der Waals surface area contributed by atoms with Crippen molar-refractivity contribution in [2.24, 2.45) is 0 Å². The molecule has 0 fully saturated rings. The van der Waals surface area contributed by atoms with Gasteiger partial charge in [0.25, 0.3) is 0 Å². The first kappa shape index (κ1) is 16.2. The summed E-state index contributed by atoms with van der Waals surface area (Å²) in [6.45, 7) is 2.91. The lowest BCUT2D eigenvalue weighted by Crippen LogP contribution is -2.23. The lowest BCUT2D eigenvalue weighted by Gasteiger charge is -2.20. The Morgan fingerprint density at radius 1 is 1.38 bits per heavy atom. The predicted octanol–water partition coefficient (Wildman–Crippen LogP) is 3.79. The smallest absolute Gasteiger partial charge is 0.216 e. The van der Waals surface area contributed by atoms with Crippen LogP contribution in [0.4, 0.5) is 0 Å². The molecule has 0 aliphatic carbocycles. The molecule has 0 saturated heterocycles. The topological polar surface area (TPSA) is 47.0 Å². The van der Waals surface area contributed by atoms with Crippen molar-refractivity contribution < 1.29 is 4.74 Å². The number of hydrogen-bond acceptors (Lipinski definition) is 4. The third kappa shape index (κ3) is 4.15.